The minimum Gasteiger partial charge on any atom is -0.303 e. The molecule has 0 fully saturated rings. The molecule has 3 aliphatic rings. The molecule has 0 aliphatic carbocycles. The number of hydrogen-bond acceptors (Lipinski definition) is 3. The van der Waals surface area contributed by atoms with E-state index in [-0.39, 0.29) is 5.91 Å². The zero-order chi connectivity index (χ0) is 22.5. The van der Waals surface area contributed by atoms with Crippen molar-refractivity contribution < 1.29 is 4.79 Å². The van der Waals surface area contributed by atoms with Crippen LogP contribution in [0.1, 0.15) is 34.2 Å². The van der Waals surface area contributed by atoms with Gasteiger partial charge in [0.1, 0.15) is 6.17 Å². The van der Waals surface area contributed by atoms with Crippen LogP contribution in [0.5, 0.6) is 0 Å². The summed E-state index contributed by atoms with van der Waals surface area (Å²) in [6, 6.07) is 26.6. The Balaban J connectivity index is 1.59. The molecule has 0 spiro atoms. The normalized spacial score (nSPS) is 20.6. The lowest BCUT2D eigenvalue weighted by Gasteiger charge is -2.48. The minimum absolute atomic E-state index is 0.193. The predicted octanol–water partition coefficient (Wildman–Crippen LogP) is 3.31. The Kier molecular flexibility index (Phi) is 4.29. The van der Waals surface area contributed by atoms with Crippen LogP contribution in [0.2, 0.25) is 0 Å². The van der Waals surface area contributed by atoms with E-state index in [1.165, 1.54) is 13.9 Å². The van der Waals surface area contributed by atoms with Crippen LogP contribution in [0.3, 0.4) is 0 Å². The highest BCUT2D eigenvalue weighted by atomic mass is 16.2. The first-order valence-corrected chi connectivity index (χ1v) is 10.8. The van der Waals surface area contributed by atoms with Gasteiger partial charge >= 0.3 is 11.4 Å². The Morgan fingerprint density at radius 1 is 0.667 bits per heavy atom. The average molecular weight is 436 g/mol. The lowest BCUT2D eigenvalue weighted by atomic mass is 9.91. The Bertz CT molecular complexity index is 1480. The van der Waals surface area contributed by atoms with Gasteiger partial charge < -0.3 is 4.90 Å². The second-order valence-corrected chi connectivity index (χ2v) is 8.15. The molecule has 3 aliphatic heterocycles. The van der Waals surface area contributed by atoms with Gasteiger partial charge in [0.25, 0.3) is 5.91 Å². The molecule has 0 N–H and O–H groups in total. The summed E-state index contributed by atoms with van der Waals surface area (Å²) < 4.78 is 4.07. The number of carbonyl (C=O) groups is 1. The van der Waals surface area contributed by atoms with Crippen LogP contribution in [0.15, 0.2) is 113 Å². The van der Waals surface area contributed by atoms with Crippen molar-refractivity contribution in [2.24, 2.45) is 0 Å². The van der Waals surface area contributed by atoms with E-state index in [1.807, 2.05) is 66.7 Å². The second-order valence-electron chi connectivity index (χ2n) is 8.15. The van der Waals surface area contributed by atoms with Crippen molar-refractivity contribution in [3.63, 3.8) is 0 Å². The van der Waals surface area contributed by atoms with Gasteiger partial charge in [0.05, 0.1) is 17.8 Å². The van der Waals surface area contributed by atoms with Gasteiger partial charge in [-0.25, -0.2) is 23.5 Å². The van der Waals surface area contributed by atoms with E-state index >= 15 is 0 Å². The Labute approximate surface area is 189 Å². The fourth-order valence-electron chi connectivity index (χ4n) is 4.92. The van der Waals surface area contributed by atoms with E-state index in [0.29, 0.717) is 11.3 Å². The number of rotatable bonds is 3. The Hall–Kier alpha value is -4.39. The van der Waals surface area contributed by atoms with Gasteiger partial charge in [0.2, 0.25) is 0 Å². The number of carbonyl (C=O) groups excluding carboxylic acids is 1. The molecule has 1 aromatic heterocycles. The van der Waals surface area contributed by atoms with Gasteiger partial charge in [-0.2, -0.15) is 0 Å². The van der Waals surface area contributed by atoms with Gasteiger partial charge in [-0.15, -0.1) is 0 Å². The molecule has 0 saturated heterocycles. The van der Waals surface area contributed by atoms with Gasteiger partial charge in [-0.1, -0.05) is 72.8 Å². The molecule has 33 heavy (non-hydrogen) atoms. The molecule has 3 aromatic carbocycles. The number of hydrogen-bond donors (Lipinski definition) is 0. The van der Waals surface area contributed by atoms with Gasteiger partial charge in [0.15, 0.2) is 0 Å². The molecular formula is C26H20N4O3. The SMILES string of the molecule is O=C(c1ccccc1)N1[C@H]2C=C[C@H]([C@@H]1c1ccccc1)n1c(=O)n(-c3ccccc3)c(=O)n12. The van der Waals surface area contributed by atoms with Crippen molar-refractivity contribution in [3.05, 3.63) is 135 Å². The summed E-state index contributed by atoms with van der Waals surface area (Å²) in [5, 5.41) is 0. The fraction of sp³-hybridized carbons (Fsp3) is 0.115. The standard InChI is InChI=1S/C26H20N4O3/c31-24(19-12-6-2-7-13-19)28-22-17-16-21(23(28)18-10-4-1-5-11-18)29-25(32)27(26(33)30(22)29)20-14-8-3-9-15-20/h1-17,21-23H/t21-,22-,23+/m1/s1. The van der Waals surface area contributed by atoms with E-state index in [4.69, 9.17) is 0 Å². The summed E-state index contributed by atoms with van der Waals surface area (Å²) in [5.74, 6) is -0.193. The van der Waals surface area contributed by atoms with E-state index in [1.54, 1.807) is 41.3 Å². The Morgan fingerprint density at radius 3 is 1.91 bits per heavy atom. The van der Waals surface area contributed by atoms with E-state index in [2.05, 4.69) is 0 Å². The largest absolute Gasteiger partial charge is 0.354 e. The smallest absolute Gasteiger partial charge is 0.303 e. The molecule has 4 heterocycles. The van der Waals surface area contributed by atoms with Crippen molar-refractivity contribution >= 4 is 5.91 Å². The maximum atomic E-state index is 13.7. The van der Waals surface area contributed by atoms with Crippen LogP contribution in [0.25, 0.3) is 5.69 Å². The molecule has 2 bridgehead atoms. The third kappa shape index (κ3) is 2.79. The molecule has 1 amide bonds. The molecule has 3 atom stereocenters. The van der Waals surface area contributed by atoms with Crippen LogP contribution in [0, 0.1) is 0 Å². The fourth-order valence-corrected chi connectivity index (χ4v) is 4.92. The number of amides is 1. The van der Waals surface area contributed by atoms with E-state index in [9.17, 15) is 14.4 Å². The molecule has 0 radical (unpaired) electrons. The Morgan fingerprint density at radius 2 is 1.24 bits per heavy atom. The molecule has 7 heteroatoms. The molecule has 0 unspecified atom stereocenters. The average Bonchev–Trinajstić information content (AvgIpc) is 3.16. The summed E-state index contributed by atoms with van der Waals surface area (Å²) in [5.41, 5.74) is 1.04. The molecule has 162 valence electrons. The lowest BCUT2D eigenvalue weighted by Crippen LogP contribution is -2.55. The summed E-state index contributed by atoms with van der Waals surface area (Å²) in [6.07, 6.45) is 3.03. The maximum Gasteiger partial charge on any atom is 0.354 e. The van der Waals surface area contributed by atoms with Gasteiger partial charge in [-0.05, 0) is 35.9 Å². The number of para-hydroxylation sites is 1. The van der Waals surface area contributed by atoms with Crippen molar-refractivity contribution in [3.8, 4) is 5.69 Å². The monoisotopic (exact) mass is 436 g/mol. The molecule has 4 aromatic rings. The third-order valence-corrected chi connectivity index (χ3v) is 6.34. The van der Waals surface area contributed by atoms with Crippen molar-refractivity contribution in [1.29, 1.82) is 0 Å². The quantitative estimate of drug-likeness (QED) is 0.463. The van der Waals surface area contributed by atoms with Crippen LogP contribution in [-0.2, 0) is 0 Å². The van der Waals surface area contributed by atoms with Crippen molar-refractivity contribution in [2.45, 2.75) is 18.2 Å². The van der Waals surface area contributed by atoms with E-state index < -0.39 is 29.6 Å². The first-order valence-electron chi connectivity index (χ1n) is 10.8. The second kappa shape index (κ2) is 7.34. The highest BCUT2D eigenvalue weighted by molar-refractivity contribution is 5.95. The summed E-state index contributed by atoms with van der Waals surface area (Å²) in [6.45, 7) is 0. The van der Waals surface area contributed by atoms with Crippen LogP contribution >= 0.6 is 0 Å². The summed E-state index contributed by atoms with van der Waals surface area (Å²) >= 11 is 0. The molecule has 7 rings (SSSR count). The van der Waals surface area contributed by atoms with E-state index in [0.717, 1.165) is 5.56 Å². The highest BCUT2D eigenvalue weighted by Crippen LogP contribution is 2.45. The molecular weight excluding hydrogens is 416 g/mol. The van der Waals surface area contributed by atoms with Crippen LogP contribution in [-0.4, -0.2) is 24.7 Å². The first-order chi connectivity index (χ1) is 16.2. The molecule has 7 nitrogen and oxygen atoms in total. The van der Waals surface area contributed by atoms with Crippen LogP contribution in [0.4, 0.5) is 0 Å². The van der Waals surface area contributed by atoms with Crippen molar-refractivity contribution in [2.75, 3.05) is 0 Å². The molecule has 0 saturated carbocycles. The predicted molar refractivity (Wildman–Crippen MR) is 123 cm³/mol. The summed E-state index contributed by atoms with van der Waals surface area (Å²) in [4.78, 5) is 42.5. The van der Waals surface area contributed by atoms with Crippen LogP contribution < -0.4 is 11.4 Å². The van der Waals surface area contributed by atoms with Gasteiger partial charge in [0, 0.05) is 5.56 Å². The first kappa shape index (κ1) is 19.3. The minimum atomic E-state index is -0.724. The zero-order valence-electron chi connectivity index (χ0n) is 17.6. The number of aromatic nitrogens is 3. The third-order valence-electron chi connectivity index (χ3n) is 6.34. The van der Waals surface area contributed by atoms with Crippen molar-refractivity contribution in [1.82, 2.24) is 18.8 Å². The number of fused-ring (bicyclic) bond motifs is 1. The lowest BCUT2D eigenvalue weighted by molar-refractivity contribution is 0.0109. The highest BCUT2D eigenvalue weighted by Gasteiger charge is 2.48. The maximum absolute atomic E-state index is 13.7. The van der Waals surface area contributed by atoms with Gasteiger partial charge in [-0.3, -0.25) is 4.79 Å². The number of nitrogens with zero attached hydrogens (tertiary/aromatic N) is 4. The zero-order valence-corrected chi connectivity index (χ0v) is 17.6. The topological polar surface area (TPSA) is 69.2 Å². The number of benzene rings is 3. The summed E-state index contributed by atoms with van der Waals surface area (Å²) in [7, 11) is 0.